The minimum atomic E-state index is -0.0234. The van der Waals surface area contributed by atoms with Crippen LogP contribution in [0.1, 0.15) is 54.7 Å². The van der Waals surface area contributed by atoms with Crippen LogP contribution >= 0.6 is 0 Å². The van der Waals surface area contributed by atoms with E-state index >= 15 is 0 Å². The van der Waals surface area contributed by atoms with Crippen molar-refractivity contribution in [1.82, 2.24) is 0 Å². The van der Waals surface area contributed by atoms with Gasteiger partial charge in [0.25, 0.3) is 0 Å². The van der Waals surface area contributed by atoms with Gasteiger partial charge in [-0.1, -0.05) is 38.4 Å². The molecule has 0 saturated heterocycles. The Kier molecular flexibility index (Phi) is 1.27. The Labute approximate surface area is 94.1 Å². The highest BCUT2D eigenvalue weighted by molar-refractivity contribution is 5.40. The van der Waals surface area contributed by atoms with Crippen LogP contribution in [0.4, 0.5) is 0 Å². The third-order valence-corrected chi connectivity index (χ3v) is 2.38. The monoisotopic (exact) mass is 190 g/mol. The maximum atomic E-state index is 8.11. The van der Waals surface area contributed by atoms with Gasteiger partial charge in [0.05, 0.1) is 2.74 Å². The zero-order chi connectivity index (χ0) is 18.0. The molecule has 0 amide bonds. The third kappa shape index (κ3) is 2.12. The highest BCUT2D eigenvalue weighted by Gasteiger charge is 2.17. The fraction of sp³-hybridized carbons (Fsp3) is 0.538. The zero-order valence-corrected chi connectivity index (χ0v) is 9.50. The van der Waals surface area contributed by atoms with Crippen LogP contribution in [0.25, 0.3) is 0 Å². The van der Waals surface area contributed by atoms with E-state index in [1.165, 1.54) is 0 Å². The van der Waals surface area contributed by atoms with Gasteiger partial charge >= 0.3 is 0 Å². The van der Waals surface area contributed by atoms with Crippen LogP contribution in [0.15, 0.2) is 12.1 Å². The molecule has 1 rings (SSSR count). The first-order valence-corrected chi connectivity index (χ1v) is 4.75. The molecule has 0 bridgehead atoms. The molecular weight excluding hydrogens is 156 g/mol. The van der Waals surface area contributed by atoms with Crippen LogP contribution in [0.2, 0.25) is 0 Å². The Morgan fingerprint density at radius 3 is 2.23 bits per heavy atom. The van der Waals surface area contributed by atoms with Crippen LogP contribution in [0.5, 0.6) is 0 Å². The topological polar surface area (TPSA) is 0 Å². The van der Waals surface area contributed by atoms with E-state index in [-0.39, 0.29) is 5.41 Å². The van der Waals surface area contributed by atoms with Gasteiger partial charge in [-0.05, 0) is 42.9 Å². The van der Waals surface area contributed by atoms with Crippen molar-refractivity contribution in [3.8, 4) is 0 Å². The van der Waals surface area contributed by atoms with Gasteiger partial charge in [0, 0.05) is 8.91 Å². The second kappa shape index (κ2) is 3.17. The Bertz CT molecular complexity index is 381. The van der Waals surface area contributed by atoms with Crippen LogP contribution in [0, 0.1) is 20.8 Å². The summed E-state index contributed by atoms with van der Waals surface area (Å²) in [5, 5.41) is 0. The van der Waals surface area contributed by atoms with Crippen molar-refractivity contribution in [2.24, 2.45) is 0 Å². The fourth-order valence-electron chi connectivity index (χ4n) is 1.62. The Morgan fingerprint density at radius 2 is 1.77 bits per heavy atom. The molecule has 13 heavy (non-hydrogen) atoms. The zero-order valence-electron chi connectivity index (χ0n) is 17.5. The first-order chi connectivity index (χ1) is 9.68. The standard InChI is InChI=1S/C13H20.3H2/c1-9-7-10(2)11(3)12(8-9)13(4,5)6;;;/h7-8H,1-6H3;3*1H/i7D,8D;3*1+1D. The van der Waals surface area contributed by atoms with Gasteiger partial charge in [0.15, 0.2) is 0 Å². The van der Waals surface area contributed by atoms with Gasteiger partial charge in [-0.3, -0.25) is 0 Å². The minimum Gasteiger partial charge on any atom is -0.0561 e. The van der Waals surface area contributed by atoms with Crippen LogP contribution in [-0.4, -0.2) is 0 Å². The fourth-order valence-corrected chi connectivity index (χ4v) is 1.62. The Morgan fingerprint density at radius 1 is 1.23 bits per heavy atom. The predicted molar refractivity (Wildman–Crippen MR) is 65.7 cm³/mol. The molecular formula is C13H26. The van der Waals surface area contributed by atoms with Crippen molar-refractivity contribution < 1.29 is 11.7 Å². The Hall–Kier alpha value is -0.780. The number of hydrogen-bond acceptors (Lipinski definition) is 0. The molecule has 0 aliphatic heterocycles. The lowest BCUT2D eigenvalue weighted by atomic mass is 9.82. The molecule has 1 aromatic rings. The van der Waals surface area contributed by atoms with Gasteiger partial charge in [-0.15, -0.1) is 0 Å². The van der Waals surface area contributed by atoms with Gasteiger partial charge in [-0.25, -0.2) is 0 Å². The molecule has 78 valence electrons. The molecule has 0 aromatic heterocycles. The molecule has 0 radical (unpaired) electrons. The minimum absolute atomic E-state index is 0.0234. The molecule has 0 atom stereocenters. The summed E-state index contributed by atoms with van der Waals surface area (Å²) < 4.78 is 46.0. The average molecular weight is 190 g/mol. The van der Waals surface area contributed by atoms with Crippen LogP contribution in [-0.2, 0) is 5.41 Å². The van der Waals surface area contributed by atoms with E-state index in [0.29, 0.717) is 12.1 Å². The molecule has 0 heterocycles. The number of rotatable bonds is 0. The summed E-state index contributed by atoms with van der Waals surface area (Å²) in [4.78, 5) is 0. The summed E-state index contributed by atoms with van der Waals surface area (Å²) in [5.41, 5.74) is 3.96. The summed E-state index contributed by atoms with van der Waals surface area (Å²) in [6, 6.07) is 1.06. The van der Waals surface area contributed by atoms with E-state index in [4.69, 9.17) is 11.7 Å². The van der Waals surface area contributed by atoms with E-state index in [1.54, 1.807) is 0 Å². The highest BCUT2D eigenvalue weighted by atomic mass is 14.2. The third-order valence-electron chi connectivity index (χ3n) is 2.38. The lowest BCUT2D eigenvalue weighted by Crippen LogP contribution is -2.14. The predicted octanol–water partition coefficient (Wildman–Crippen LogP) is 4.65. The van der Waals surface area contributed by atoms with E-state index in [2.05, 4.69) is 20.8 Å². The molecule has 0 aliphatic rings. The van der Waals surface area contributed by atoms with Crippen LogP contribution in [0.3, 0.4) is 0 Å². The average Bonchev–Trinajstić information content (AvgIpc) is 2.48. The molecule has 0 aliphatic carbocycles. The summed E-state index contributed by atoms with van der Waals surface area (Å²) in [5.74, 6) is 0. The highest BCUT2D eigenvalue weighted by Crippen LogP contribution is 2.28. The van der Waals surface area contributed by atoms with E-state index < -0.39 is 0 Å². The van der Waals surface area contributed by atoms with Gasteiger partial charge < -0.3 is 0 Å². The van der Waals surface area contributed by atoms with E-state index in [0.717, 1.165) is 22.3 Å². The molecule has 1 aromatic carbocycles. The lowest BCUT2D eigenvalue weighted by Gasteiger charge is -2.23. The SMILES string of the molecule is [2H][2H].[2H][2H].[2H][2H].[2H]c1c(C)c([2H])c(C(C)(C)C)c(C)c1C. The van der Waals surface area contributed by atoms with E-state index in [9.17, 15) is 0 Å². The number of hydrogen-bond donors (Lipinski definition) is 0. The molecule has 0 N–H and O–H groups in total. The largest absolute Gasteiger partial charge is 0.0629 e. The maximum absolute atomic E-state index is 8.11. The summed E-state index contributed by atoms with van der Waals surface area (Å²) >= 11 is 0. The molecule has 0 spiro atoms. The smallest absolute Gasteiger partial charge is 0.0561 e. The van der Waals surface area contributed by atoms with Crippen molar-refractivity contribution in [1.29, 1.82) is 0 Å². The van der Waals surface area contributed by atoms with Gasteiger partial charge in [-0.2, -0.15) is 0 Å². The van der Waals surface area contributed by atoms with Crippen molar-refractivity contribution in [3.63, 3.8) is 0 Å². The number of benzene rings is 1. The summed E-state index contributed by atoms with van der Waals surface area (Å²) in [7, 11) is 0. The molecule has 0 saturated carbocycles. The summed E-state index contributed by atoms with van der Waals surface area (Å²) in [6.45, 7) is 12.2. The first kappa shape index (κ1) is 5.19. The van der Waals surface area contributed by atoms with Gasteiger partial charge in [0.2, 0.25) is 0 Å². The molecule has 0 nitrogen and oxygen atoms in total. The first-order valence-electron chi connectivity index (χ1n) is 8.75. The second-order valence-corrected chi connectivity index (χ2v) is 4.75. The van der Waals surface area contributed by atoms with Gasteiger partial charge in [0.1, 0.15) is 0 Å². The summed E-state index contributed by atoms with van der Waals surface area (Å²) in [6.07, 6.45) is 0. The van der Waals surface area contributed by atoms with Crippen molar-refractivity contribution in [3.05, 3.63) is 34.3 Å². The van der Waals surface area contributed by atoms with Crippen molar-refractivity contribution >= 4 is 0 Å². The van der Waals surface area contributed by atoms with E-state index in [1.807, 2.05) is 20.8 Å². The molecule has 0 unspecified atom stereocenters. The molecule has 0 heteroatoms. The van der Waals surface area contributed by atoms with Crippen LogP contribution < -0.4 is 0 Å². The molecule has 0 fully saturated rings. The normalized spacial score (nSPS) is 15.8. The Balaban J connectivity index is -0.000000478. The van der Waals surface area contributed by atoms with Crippen molar-refractivity contribution in [2.75, 3.05) is 0 Å². The van der Waals surface area contributed by atoms with Crippen molar-refractivity contribution in [2.45, 2.75) is 47.0 Å². The second-order valence-electron chi connectivity index (χ2n) is 4.75. The maximum Gasteiger partial charge on any atom is 0.0629 e. The quantitative estimate of drug-likeness (QED) is 0.559. The lowest BCUT2D eigenvalue weighted by molar-refractivity contribution is 0.585.